The molecule has 0 aliphatic heterocycles. The molecular formula is C22H15F6N5O. The van der Waals surface area contributed by atoms with Crippen LogP contribution >= 0.6 is 0 Å². The van der Waals surface area contributed by atoms with E-state index in [0.717, 1.165) is 6.20 Å². The molecule has 0 atom stereocenters. The normalized spacial score (nSPS) is 12.2. The Bertz CT molecular complexity index is 1350. The molecule has 0 radical (unpaired) electrons. The van der Waals surface area contributed by atoms with Crippen molar-refractivity contribution in [3.63, 3.8) is 0 Å². The van der Waals surface area contributed by atoms with Gasteiger partial charge < -0.3 is 5.32 Å². The first kappa shape index (κ1) is 23.2. The molecule has 12 heteroatoms. The molecule has 0 bridgehead atoms. The minimum Gasteiger partial charge on any atom is -0.347 e. The molecule has 1 aromatic carbocycles. The van der Waals surface area contributed by atoms with E-state index in [4.69, 9.17) is 0 Å². The topological polar surface area (TPSA) is 72.2 Å². The van der Waals surface area contributed by atoms with Gasteiger partial charge in [-0.05, 0) is 29.8 Å². The molecule has 4 aromatic rings. The van der Waals surface area contributed by atoms with E-state index in [1.807, 2.05) is 5.32 Å². The van der Waals surface area contributed by atoms with Crippen LogP contribution in [0.2, 0.25) is 0 Å². The highest BCUT2D eigenvalue weighted by molar-refractivity contribution is 5.79. The quantitative estimate of drug-likeness (QED) is 0.422. The summed E-state index contributed by atoms with van der Waals surface area (Å²) in [6, 6.07) is 11.2. The number of carbonyl (C=O) groups excluding carboxylic acids is 1. The summed E-state index contributed by atoms with van der Waals surface area (Å²) in [5, 5.41) is 1.83. The predicted octanol–water partition coefficient (Wildman–Crippen LogP) is 4.70. The Balaban J connectivity index is 1.59. The van der Waals surface area contributed by atoms with Crippen molar-refractivity contribution in [1.82, 2.24) is 24.7 Å². The molecule has 6 nitrogen and oxygen atoms in total. The number of pyridine rings is 1. The van der Waals surface area contributed by atoms with Crippen molar-refractivity contribution in [3.05, 3.63) is 72.4 Å². The van der Waals surface area contributed by atoms with E-state index < -0.39 is 30.6 Å². The zero-order chi connectivity index (χ0) is 24.5. The van der Waals surface area contributed by atoms with Crippen LogP contribution in [0.1, 0.15) is 11.4 Å². The number of rotatable bonds is 5. The second kappa shape index (κ2) is 8.76. The van der Waals surface area contributed by atoms with Crippen molar-refractivity contribution in [2.45, 2.75) is 18.8 Å². The molecule has 0 aliphatic rings. The smallest absolute Gasteiger partial charge is 0.347 e. The van der Waals surface area contributed by atoms with Crippen molar-refractivity contribution >= 4 is 11.6 Å². The number of fused-ring (bicyclic) bond motifs is 1. The first-order chi connectivity index (χ1) is 16.0. The number of nitrogens with one attached hydrogen (secondary N) is 1. The summed E-state index contributed by atoms with van der Waals surface area (Å²) in [6.07, 6.45) is -5.21. The van der Waals surface area contributed by atoms with Crippen LogP contribution in [0.4, 0.5) is 26.3 Å². The lowest BCUT2D eigenvalue weighted by molar-refractivity contribution is -0.144. The van der Waals surface area contributed by atoms with Gasteiger partial charge >= 0.3 is 12.4 Å². The third kappa shape index (κ3) is 5.33. The van der Waals surface area contributed by atoms with E-state index in [-0.39, 0.29) is 12.1 Å². The Morgan fingerprint density at radius 1 is 0.971 bits per heavy atom. The number of hydrogen-bond acceptors (Lipinski definition) is 4. The maximum Gasteiger partial charge on any atom is 0.451 e. The van der Waals surface area contributed by atoms with E-state index in [2.05, 4.69) is 15.0 Å². The van der Waals surface area contributed by atoms with Crippen LogP contribution in [0.15, 0.2) is 61.1 Å². The van der Waals surface area contributed by atoms with Gasteiger partial charge in [0.25, 0.3) is 0 Å². The Morgan fingerprint density at radius 2 is 1.76 bits per heavy atom. The Kier molecular flexibility index (Phi) is 5.98. The number of carbonyl (C=O) groups is 1. The molecule has 3 aromatic heterocycles. The number of amides is 1. The summed E-state index contributed by atoms with van der Waals surface area (Å²) in [6.45, 7) is -1.40. The first-order valence-electron chi connectivity index (χ1n) is 9.80. The fraction of sp³-hybridized carbons (Fsp3) is 0.182. The van der Waals surface area contributed by atoms with Crippen LogP contribution in [0.3, 0.4) is 0 Å². The molecule has 0 saturated heterocycles. The van der Waals surface area contributed by atoms with Gasteiger partial charge in [0.05, 0.1) is 24.0 Å². The zero-order valence-corrected chi connectivity index (χ0v) is 17.2. The highest BCUT2D eigenvalue weighted by Gasteiger charge is 2.34. The van der Waals surface area contributed by atoms with Crippen molar-refractivity contribution in [2.24, 2.45) is 0 Å². The first-order valence-corrected chi connectivity index (χ1v) is 9.80. The van der Waals surface area contributed by atoms with Crippen LogP contribution < -0.4 is 5.32 Å². The third-order valence-corrected chi connectivity index (χ3v) is 4.79. The molecule has 0 spiro atoms. The second-order valence-electron chi connectivity index (χ2n) is 7.32. The number of alkyl halides is 6. The summed E-state index contributed by atoms with van der Waals surface area (Å²) in [5.74, 6) is -2.01. The predicted molar refractivity (Wildman–Crippen MR) is 109 cm³/mol. The van der Waals surface area contributed by atoms with E-state index in [0.29, 0.717) is 28.0 Å². The zero-order valence-electron chi connectivity index (χ0n) is 17.2. The van der Waals surface area contributed by atoms with E-state index >= 15 is 0 Å². The van der Waals surface area contributed by atoms with Crippen molar-refractivity contribution in [1.29, 1.82) is 0 Å². The molecule has 176 valence electrons. The number of imidazole rings is 1. The van der Waals surface area contributed by atoms with Gasteiger partial charge in [-0.1, -0.05) is 18.2 Å². The lowest BCUT2D eigenvalue weighted by Gasteiger charge is -2.09. The number of nitrogens with zero attached hydrogens (tertiary/aromatic N) is 4. The number of halogens is 6. The molecule has 1 amide bonds. The van der Waals surface area contributed by atoms with Gasteiger partial charge in [-0.2, -0.15) is 26.3 Å². The number of benzene rings is 1. The molecule has 34 heavy (non-hydrogen) atoms. The molecule has 4 rings (SSSR count). The Hall–Kier alpha value is -3.96. The van der Waals surface area contributed by atoms with Crippen molar-refractivity contribution in [2.75, 3.05) is 6.54 Å². The van der Waals surface area contributed by atoms with Crippen molar-refractivity contribution in [3.8, 4) is 22.5 Å². The Labute approximate surface area is 188 Å². The average Bonchev–Trinajstić information content (AvgIpc) is 3.20. The van der Waals surface area contributed by atoms with E-state index in [1.165, 1.54) is 6.07 Å². The maximum absolute atomic E-state index is 12.9. The summed E-state index contributed by atoms with van der Waals surface area (Å²) in [5.41, 5.74) is 2.71. The standard InChI is InChI=1S/C22H15F6N5O/c23-21(24,25)12-31-19(34)9-13-2-1-3-15(8-13)17-11-30-18-10-14(5-7-33(17)18)16-4-6-29-20(32-16)22(26,27)28/h1-8,10-11H,9,12H2,(H,31,34). The number of aromatic nitrogens is 4. The summed E-state index contributed by atoms with van der Waals surface area (Å²) < 4.78 is 77.3. The molecule has 0 saturated carbocycles. The van der Waals surface area contributed by atoms with Gasteiger partial charge in [0, 0.05) is 23.5 Å². The largest absolute Gasteiger partial charge is 0.451 e. The number of hydrogen-bond donors (Lipinski definition) is 1. The fourth-order valence-electron chi connectivity index (χ4n) is 3.30. The lowest BCUT2D eigenvalue weighted by Crippen LogP contribution is -2.34. The maximum atomic E-state index is 12.9. The highest BCUT2D eigenvalue weighted by Crippen LogP contribution is 2.29. The van der Waals surface area contributed by atoms with Crippen LogP contribution in [-0.4, -0.2) is 38.0 Å². The fourth-order valence-corrected chi connectivity index (χ4v) is 3.30. The molecule has 3 heterocycles. The summed E-state index contributed by atoms with van der Waals surface area (Å²) >= 11 is 0. The lowest BCUT2D eigenvalue weighted by atomic mass is 10.1. The molecular weight excluding hydrogens is 464 g/mol. The van der Waals surface area contributed by atoms with Crippen LogP contribution in [0, 0.1) is 0 Å². The highest BCUT2D eigenvalue weighted by atomic mass is 19.4. The average molecular weight is 479 g/mol. The third-order valence-electron chi connectivity index (χ3n) is 4.79. The minimum atomic E-state index is -4.67. The summed E-state index contributed by atoms with van der Waals surface area (Å²) in [4.78, 5) is 22.9. The minimum absolute atomic E-state index is 0.0845. The van der Waals surface area contributed by atoms with Crippen LogP contribution in [-0.2, 0) is 17.4 Å². The van der Waals surface area contributed by atoms with E-state index in [9.17, 15) is 31.1 Å². The monoisotopic (exact) mass is 479 g/mol. The van der Waals surface area contributed by atoms with Gasteiger partial charge in [-0.15, -0.1) is 0 Å². The summed E-state index contributed by atoms with van der Waals surface area (Å²) in [7, 11) is 0. The van der Waals surface area contributed by atoms with Crippen LogP contribution in [0.25, 0.3) is 28.2 Å². The Morgan fingerprint density at radius 3 is 2.50 bits per heavy atom. The SMILES string of the molecule is O=C(Cc1cccc(-c2cnc3cc(-c4ccnc(C(F)(F)F)n4)ccn23)c1)NCC(F)(F)F. The second-order valence-corrected chi connectivity index (χ2v) is 7.32. The van der Waals surface area contributed by atoms with Gasteiger partial charge in [0.2, 0.25) is 11.7 Å². The van der Waals surface area contributed by atoms with Crippen molar-refractivity contribution < 1.29 is 31.1 Å². The van der Waals surface area contributed by atoms with E-state index in [1.54, 1.807) is 53.2 Å². The molecule has 0 fully saturated rings. The van der Waals surface area contributed by atoms with Gasteiger partial charge in [0.15, 0.2) is 0 Å². The van der Waals surface area contributed by atoms with Gasteiger partial charge in [-0.25, -0.2) is 15.0 Å². The van der Waals surface area contributed by atoms with Crippen LogP contribution in [0.5, 0.6) is 0 Å². The van der Waals surface area contributed by atoms with Gasteiger partial charge in [-0.3, -0.25) is 9.20 Å². The van der Waals surface area contributed by atoms with Gasteiger partial charge in [0.1, 0.15) is 12.2 Å². The molecule has 1 N–H and O–H groups in total. The molecule has 0 aliphatic carbocycles. The molecule has 0 unspecified atom stereocenters.